The summed E-state index contributed by atoms with van der Waals surface area (Å²) >= 11 is 0. The highest BCUT2D eigenvalue weighted by Gasteiger charge is 2.38. The molecular formula is C16H30N2O. The van der Waals surface area contributed by atoms with E-state index >= 15 is 0 Å². The fraction of sp³-hybridized carbons (Fsp3) is 0.938. The number of rotatable bonds is 3. The van der Waals surface area contributed by atoms with Crippen molar-refractivity contribution in [2.75, 3.05) is 6.54 Å². The second kappa shape index (κ2) is 6.25. The molecule has 4 atom stereocenters. The number of amides is 1. The van der Waals surface area contributed by atoms with Crippen LogP contribution in [0.4, 0.5) is 0 Å². The van der Waals surface area contributed by atoms with Gasteiger partial charge in [0.05, 0.1) is 5.54 Å². The van der Waals surface area contributed by atoms with Crippen LogP contribution in [0.1, 0.15) is 65.2 Å². The van der Waals surface area contributed by atoms with Crippen molar-refractivity contribution in [2.45, 2.75) is 70.8 Å². The van der Waals surface area contributed by atoms with Crippen molar-refractivity contribution < 1.29 is 4.79 Å². The first-order valence-electron chi connectivity index (χ1n) is 8.07. The normalized spacial score (nSPS) is 39.8. The molecule has 19 heavy (non-hydrogen) atoms. The number of nitrogens with two attached hydrogens (primary N) is 1. The third-order valence-corrected chi connectivity index (χ3v) is 5.08. The topological polar surface area (TPSA) is 55.1 Å². The van der Waals surface area contributed by atoms with Crippen molar-refractivity contribution in [2.24, 2.45) is 23.5 Å². The summed E-state index contributed by atoms with van der Waals surface area (Å²) in [6, 6.07) is 0. The molecule has 1 amide bonds. The Morgan fingerprint density at radius 1 is 1.21 bits per heavy atom. The van der Waals surface area contributed by atoms with Crippen LogP contribution in [0.25, 0.3) is 0 Å². The summed E-state index contributed by atoms with van der Waals surface area (Å²) in [7, 11) is 0. The molecule has 0 saturated heterocycles. The van der Waals surface area contributed by atoms with E-state index in [4.69, 9.17) is 5.73 Å². The molecule has 110 valence electrons. The average molecular weight is 266 g/mol. The molecule has 3 heteroatoms. The molecule has 2 rings (SSSR count). The summed E-state index contributed by atoms with van der Waals surface area (Å²) in [5, 5.41) is 3.14. The summed E-state index contributed by atoms with van der Waals surface area (Å²) in [6.07, 6.45) is 9.18. The number of nitrogens with one attached hydrogen (secondary N) is 1. The fourth-order valence-electron chi connectivity index (χ4n) is 3.96. The van der Waals surface area contributed by atoms with Crippen molar-refractivity contribution in [3.8, 4) is 0 Å². The summed E-state index contributed by atoms with van der Waals surface area (Å²) in [5.74, 6) is 2.16. The Morgan fingerprint density at radius 3 is 2.63 bits per heavy atom. The van der Waals surface area contributed by atoms with Crippen LogP contribution in [0, 0.1) is 17.8 Å². The van der Waals surface area contributed by atoms with E-state index in [9.17, 15) is 4.79 Å². The Balaban J connectivity index is 1.80. The molecule has 0 heterocycles. The largest absolute Gasteiger partial charge is 0.354 e. The lowest BCUT2D eigenvalue weighted by molar-refractivity contribution is -0.128. The van der Waals surface area contributed by atoms with E-state index in [0.29, 0.717) is 11.8 Å². The Kier molecular flexibility index (Phi) is 4.88. The summed E-state index contributed by atoms with van der Waals surface area (Å²) in [5.41, 5.74) is 5.72. The Bertz CT molecular complexity index is 318. The summed E-state index contributed by atoms with van der Waals surface area (Å²) in [6.45, 7) is 5.36. The van der Waals surface area contributed by atoms with Gasteiger partial charge in [0.25, 0.3) is 0 Å². The number of carbonyl (C=O) groups excluding carboxylic acids is 1. The van der Waals surface area contributed by atoms with Crippen LogP contribution in [0.2, 0.25) is 0 Å². The number of carbonyl (C=O) groups is 1. The average Bonchev–Trinajstić information content (AvgIpc) is 2.35. The second-order valence-corrected chi connectivity index (χ2v) is 7.21. The highest BCUT2D eigenvalue weighted by atomic mass is 16.2. The zero-order valence-electron chi connectivity index (χ0n) is 12.6. The second-order valence-electron chi connectivity index (χ2n) is 7.21. The van der Waals surface area contributed by atoms with Crippen molar-refractivity contribution in [1.29, 1.82) is 0 Å². The maximum absolute atomic E-state index is 12.4. The van der Waals surface area contributed by atoms with Crippen LogP contribution in [-0.2, 0) is 4.79 Å². The molecule has 0 aliphatic heterocycles. The zero-order chi connectivity index (χ0) is 13.9. The van der Waals surface area contributed by atoms with Crippen LogP contribution in [0.5, 0.6) is 0 Å². The first kappa shape index (κ1) is 14.8. The quantitative estimate of drug-likeness (QED) is 0.825. The molecule has 2 aliphatic carbocycles. The van der Waals surface area contributed by atoms with E-state index in [1.54, 1.807) is 0 Å². The van der Waals surface area contributed by atoms with E-state index in [1.165, 1.54) is 32.1 Å². The van der Waals surface area contributed by atoms with Crippen LogP contribution in [0.3, 0.4) is 0 Å². The van der Waals surface area contributed by atoms with Gasteiger partial charge in [0.15, 0.2) is 0 Å². The van der Waals surface area contributed by atoms with Crippen molar-refractivity contribution in [3.05, 3.63) is 0 Å². The van der Waals surface area contributed by atoms with E-state index in [-0.39, 0.29) is 5.91 Å². The molecule has 2 fully saturated rings. The molecule has 0 aromatic heterocycles. The molecule has 2 saturated carbocycles. The van der Waals surface area contributed by atoms with E-state index in [1.807, 2.05) is 0 Å². The SMILES string of the molecule is CC1CCCC(CNC(=O)C2(N)CCCC(C)C2)C1. The molecule has 3 N–H and O–H groups in total. The van der Waals surface area contributed by atoms with Gasteiger partial charge in [-0.1, -0.05) is 39.5 Å². The molecular weight excluding hydrogens is 236 g/mol. The molecule has 0 spiro atoms. The Labute approximate surface area is 117 Å². The summed E-state index contributed by atoms with van der Waals surface area (Å²) < 4.78 is 0. The third-order valence-electron chi connectivity index (χ3n) is 5.08. The predicted octanol–water partition coefficient (Wildman–Crippen LogP) is 2.84. The van der Waals surface area contributed by atoms with E-state index in [0.717, 1.165) is 31.7 Å². The zero-order valence-corrected chi connectivity index (χ0v) is 12.6. The molecule has 4 unspecified atom stereocenters. The molecule has 0 aromatic rings. The first-order valence-corrected chi connectivity index (χ1v) is 8.07. The third kappa shape index (κ3) is 3.95. The van der Waals surface area contributed by atoms with Gasteiger partial charge in [0.1, 0.15) is 0 Å². The Hall–Kier alpha value is -0.570. The van der Waals surface area contributed by atoms with Gasteiger partial charge in [-0.15, -0.1) is 0 Å². The van der Waals surface area contributed by atoms with Crippen LogP contribution < -0.4 is 11.1 Å². The molecule has 2 aliphatic rings. The lowest BCUT2D eigenvalue weighted by Gasteiger charge is -2.36. The highest BCUT2D eigenvalue weighted by Crippen LogP contribution is 2.31. The summed E-state index contributed by atoms with van der Waals surface area (Å²) in [4.78, 5) is 12.4. The standard InChI is InChI=1S/C16H30N2O/c1-12-5-3-7-14(9-12)11-18-15(19)16(17)8-4-6-13(2)10-16/h12-14H,3-11,17H2,1-2H3,(H,18,19). The van der Waals surface area contributed by atoms with Gasteiger partial charge >= 0.3 is 0 Å². The fourth-order valence-corrected chi connectivity index (χ4v) is 3.96. The maximum Gasteiger partial charge on any atom is 0.240 e. The van der Waals surface area contributed by atoms with Crippen molar-refractivity contribution in [1.82, 2.24) is 5.32 Å². The van der Waals surface area contributed by atoms with Crippen molar-refractivity contribution in [3.63, 3.8) is 0 Å². The van der Waals surface area contributed by atoms with Gasteiger partial charge in [-0.05, 0) is 43.4 Å². The predicted molar refractivity (Wildman–Crippen MR) is 78.7 cm³/mol. The van der Waals surface area contributed by atoms with Gasteiger partial charge in [-0.3, -0.25) is 4.79 Å². The van der Waals surface area contributed by atoms with E-state index < -0.39 is 5.54 Å². The van der Waals surface area contributed by atoms with Crippen LogP contribution in [0.15, 0.2) is 0 Å². The van der Waals surface area contributed by atoms with Crippen LogP contribution >= 0.6 is 0 Å². The molecule has 0 radical (unpaired) electrons. The molecule has 3 nitrogen and oxygen atoms in total. The smallest absolute Gasteiger partial charge is 0.240 e. The monoisotopic (exact) mass is 266 g/mol. The maximum atomic E-state index is 12.4. The first-order chi connectivity index (χ1) is 8.99. The lowest BCUT2D eigenvalue weighted by atomic mass is 9.76. The van der Waals surface area contributed by atoms with Gasteiger partial charge in [-0.25, -0.2) is 0 Å². The van der Waals surface area contributed by atoms with Gasteiger partial charge < -0.3 is 11.1 Å². The highest BCUT2D eigenvalue weighted by molar-refractivity contribution is 5.86. The van der Waals surface area contributed by atoms with Gasteiger partial charge in [0.2, 0.25) is 5.91 Å². The Morgan fingerprint density at radius 2 is 1.95 bits per heavy atom. The minimum Gasteiger partial charge on any atom is -0.354 e. The van der Waals surface area contributed by atoms with Gasteiger partial charge in [-0.2, -0.15) is 0 Å². The minimum absolute atomic E-state index is 0.0947. The number of hydrogen-bond acceptors (Lipinski definition) is 2. The van der Waals surface area contributed by atoms with Crippen LogP contribution in [-0.4, -0.2) is 18.0 Å². The van der Waals surface area contributed by atoms with Crippen molar-refractivity contribution >= 4 is 5.91 Å². The lowest BCUT2D eigenvalue weighted by Crippen LogP contribution is -2.56. The molecule has 0 bridgehead atoms. The van der Waals surface area contributed by atoms with Gasteiger partial charge in [0, 0.05) is 6.54 Å². The molecule has 0 aromatic carbocycles. The number of hydrogen-bond donors (Lipinski definition) is 2. The van der Waals surface area contributed by atoms with E-state index in [2.05, 4.69) is 19.2 Å². The minimum atomic E-state index is -0.599.